The van der Waals surface area contributed by atoms with Crippen molar-refractivity contribution >= 4 is 15.7 Å². The van der Waals surface area contributed by atoms with E-state index in [-0.39, 0.29) is 24.2 Å². The van der Waals surface area contributed by atoms with Crippen molar-refractivity contribution in [3.63, 3.8) is 0 Å². The van der Waals surface area contributed by atoms with Crippen molar-refractivity contribution in [1.29, 1.82) is 0 Å². The molecule has 232 valence electrons. The highest BCUT2D eigenvalue weighted by atomic mass is 32.2. The van der Waals surface area contributed by atoms with E-state index in [0.717, 1.165) is 29.2 Å². The molecule has 42 heavy (non-hydrogen) atoms. The van der Waals surface area contributed by atoms with E-state index in [1.54, 1.807) is 0 Å². The van der Waals surface area contributed by atoms with Gasteiger partial charge in [0.05, 0.1) is 4.90 Å². The summed E-state index contributed by atoms with van der Waals surface area (Å²) in [5, 5.41) is 0. The Labute approximate surface area is 233 Å². The molecule has 0 radical (unpaired) electrons. The first kappa shape index (κ1) is 32.0. The molecule has 5 nitrogen and oxygen atoms in total. The van der Waals surface area contributed by atoms with E-state index in [1.807, 2.05) is 0 Å². The Hall–Kier alpha value is -2.88. The van der Waals surface area contributed by atoms with Gasteiger partial charge in [-0.3, -0.25) is 4.79 Å². The number of hydrogen-bond donors (Lipinski definition) is 0. The fourth-order valence-electron chi connectivity index (χ4n) is 5.23. The summed E-state index contributed by atoms with van der Waals surface area (Å²) in [7, 11) is -4.67. The Bertz CT molecular complexity index is 1420. The Morgan fingerprint density at radius 1 is 0.857 bits per heavy atom. The number of sulfone groups is 1. The summed E-state index contributed by atoms with van der Waals surface area (Å²) in [6.07, 6.45) is -14.4. The van der Waals surface area contributed by atoms with Gasteiger partial charge in [-0.25, -0.2) is 26.0 Å². The lowest BCUT2D eigenvalue weighted by molar-refractivity contribution is -0.348. The van der Waals surface area contributed by atoms with Crippen LogP contribution in [0.1, 0.15) is 37.3 Å². The lowest BCUT2D eigenvalue weighted by Gasteiger charge is -2.39. The number of carbonyl (C=O) groups is 1. The van der Waals surface area contributed by atoms with Gasteiger partial charge in [-0.05, 0) is 49.6 Å². The van der Waals surface area contributed by atoms with Gasteiger partial charge in [0.1, 0.15) is 22.8 Å². The van der Waals surface area contributed by atoms with Gasteiger partial charge in [0.15, 0.2) is 9.84 Å². The predicted molar refractivity (Wildman–Crippen MR) is 126 cm³/mol. The molecule has 0 saturated carbocycles. The first-order valence-electron chi connectivity index (χ1n) is 12.3. The standard InChI is InChI=1S/C26H23F10NO4S/c1-21(10-11-23(28,29)15-41-21)20(38)37-13-12-22(14-37,42(39,40)19-8-6-18(27)7-9-19)16-2-4-17(5-3-16)24(30,25(31,32)33)26(34,35)36/h2-9H,10-15H2,1H3/t21-,22-/m0/s1. The summed E-state index contributed by atoms with van der Waals surface area (Å²) in [5.41, 5.74) is -9.77. The average molecular weight is 636 g/mol. The first-order chi connectivity index (χ1) is 19.1. The van der Waals surface area contributed by atoms with Crippen molar-refractivity contribution in [1.82, 2.24) is 4.90 Å². The molecule has 2 heterocycles. The Morgan fingerprint density at radius 2 is 1.40 bits per heavy atom. The van der Waals surface area contributed by atoms with E-state index >= 15 is 0 Å². The number of rotatable bonds is 5. The molecule has 0 aliphatic carbocycles. The molecule has 0 unspecified atom stereocenters. The number of hydrogen-bond acceptors (Lipinski definition) is 4. The fourth-order valence-corrected chi connectivity index (χ4v) is 7.31. The van der Waals surface area contributed by atoms with E-state index in [1.165, 1.54) is 6.92 Å². The topological polar surface area (TPSA) is 63.7 Å². The van der Waals surface area contributed by atoms with E-state index in [9.17, 15) is 57.1 Å². The fraction of sp³-hybridized carbons (Fsp3) is 0.500. The number of likely N-dealkylation sites (tertiary alicyclic amines) is 1. The second-order valence-electron chi connectivity index (χ2n) is 10.5. The van der Waals surface area contributed by atoms with Gasteiger partial charge in [-0.15, -0.1) is 0 Å². The zero-order valence-electron chi connectivity index (χ0n) is 21.6. The lowest BCUT2D eigenvalue weighted by Crippen LogP contribution is -2.54. The molecule has 2 atom stereocenters. The summed E-state index contributed by atoms with van der Waals surface area (Å²) in [6, 6.07) is 4.90. The second-order valence-corrected chi connectivity index (χ2v) is 12.8. The summed E-state index contributed by atoms with van der Waals surface area (Å²) < 4.78 is 166. The molecule has 2 saturated heterocycles. The molecule has 1 amide bonds. The Morgan fingerprint density at radius 3 is 1.88 bits per heavy atom. The van der Waals surface area contributed by atoms with Gasteiger partial charge in [0.25, 0.3) is 11.8 Å². The van der Waals surface area contributed by atoms with Crippen LogP contribution in [-0.4, -0.2) is 62.8 Å². The number of nitrogens with zero attached hydrogens (tertiary/aromatic N) is 1. The molecule has 2 aliphatic heterocycles. The first-order valence-corrected chi connectivity index (χ1v) is 13.8. The van der Waals surface area contributed by atoms with E-state index < -0.39 is 98.7 Å². The smallest absolute Gasteiger partial charge is 0.359 e. The molecular formula is C26H23F10NO4S. The van der Waals surface area contributed by atoms with Crippen LogP contribution in [0.5, 0.6) is 0 Å². The monoisotopic (exact) mass is 635 g/mol. The number of ether oxygens (including phenoxy) is 1. The van der Waals surface area contributed by atoms with Crippen molar-refractivity contribution < 1.29 is 61.9 Å². The van der Waals surface area contributed by atoms with Crippen LogP contribution in [0, 0.1) is 5.82 Å². The maximum atomic E-state index is 14.6. The Balaban J connectivity index is 1.79. The predicted octanol–water partition coefficient (Wildman–Crippen LogP) is 6.22. The SMILES string of the molecule is C[C@@]1(C(=O)N2CC[C@](c3ccc(C(F)(C(F)(F)F)C(F)(F)F)cc3)(S(=O)(=O)c3ccc(F)cc3)C2)CCC(F)(F)CO1. The minimum atomic E-state index is -6.41. The van der Waals surface area contributed by atoms with Crippen LogP contribution in [0.3, 0.4) is 0 Å². The van der Waals surface area contributed by atoms with Crippen molar-refractivity contribution in [2.45, 2.75) is 65.4 Å². The van der Waals surface area contributed by atoms with Crippen LogP contribution in [-0.2, 0) is 29.8 Å². The molecule has 16 heteroatoms. The molecule has 2 aromatic rings. The molecule has 0 N–H and O–H groups in total. The summed E-state index contributed by atoms with van der Waals surface area (Å²) >= 11 is 0. The highest BCUT2D eigenvalue weighted by Crippen LogP contribution is 2.54. The van der Waals surface area contributed by atoms with E-state index in [2.05, 4.69) is 0 Å². The van der Waals surface area contributed by atoms with Crippen LogP contribution in [0.25, 0.3) is 0 Å². The number of carbonyl (C=O) groups excluding carboxylic acids is 1. The summed E-state index contributed by atoms with van der Waals surface area (Å²) in [4.78, 5) is 13.9. The van der Waals surface area contributed by atoms with Gasteiger partial charge in [-0.1, -0.05) is 24.3 Å². The van der Waals surface area contributed by atoms with Gasteiger partial charge in [0, 0.05) is 25.1 Å². The maximum absolute atomic E-state index is 14.6. The van der Waals surface area contributed by atoms with Crippen molar-refractivity contribution in [3.8, 4) is 0 Å². The van der Waals surface area contributed by atoms with Crippen molar-refractivity contribution in [3.05, 3.63) is 65.5 Å². The second kappa shape index (κ2) is 10.1. The van der Waals surface area contributed by atoms with Crippen molar-refractivity contribution in [2.75, 3.05) is 19.7 Å². The third-order valence-electron chi connectivity index (χ3n) is 7.77. The number of amides is 1. The van der Waals surface area contributed by atoms with Gasteiger partial charge in [-0.2, -0.15) is 26.3 Å². The minimum absolute atomic E-state index is 0.163. The lowest BCUT2D eigenvalue weighted by atomic mass is 9.90. The van der Waals surface area contributed by atoms with E-state index in [0.29, 0.717) is 12.1 Å². The molecule has 0 aromatic heterocycles. The number of alkyl halides is 9. The molecule has 2 fully saturated rings. The van der Waals surface area contributed by atoms with Gasteiger partial charge < -0.3 is 9.64 Å². The van der Waals surface area contributed by atoms with Gasteiger partial charge in [0.2, 0.25) is 0 Å². The van der Waals surface area contributed by atoms with Gasteiger partial charge >= 0.3 is 18.0 Å². The van der Waals surface area contributed by atoms with Crippen LogP contribution >= 0.6 is 0 Å². The molecule has 4 rings (SSSR count). The third kappa shape index (κ3) is 5.13. The molecule has 2 aromatic carbocycles. The van der Waals surface area contributed by atoms with Crippen LogP contribution < -0.4 is 0 Å². The minimum Gasteiger partial charge on any atom is -0.359 e. The van der Waals surface area contributed by atoms with Crippen molar-refractivity contribution in [2.24, 2.45) is 0 Å². The molecular weight excluding hydrogens is 612 g/mol. The zero-order chi connectivity index (χ0) is 31.6. The molecule has 0 spiro atoms. The van der Waals surface area contributed by atoms with Crippen LogP contribution in [0.4, 0.5) is 43.9 Å². The highest BCUT2D eigenvalue weighted by molar-refractivity contribution is 7.92. The maximum Gasteiger partial charge on any atom is 0.435 e. The quantitative estimate of drug-likeness (QED) is 0.289. The van der Waals surface area contributed by atoms with Crippen LogP contribution in [0.15, 0.2) is 53.4 Å². The Kier molecular flexibility index (Phi) is 7.70. The number of benzene rings is 2. The van der Waals surface area contributed by atoms with Crippen LogP contribution in [0.2, 0.25) is 0 Å². The average Bonchev–Trinajstić information content (AvgIpc) is 3.36. The molecule has 0 bridgehead atoms. The third-order valence-corrected chi connectivity index (χ3v) is 10.3. The number of halogens is 10. The largest absolute Gasteiger partial charge is 0.435 e. The highest BCUT2D eigenvalue weighted by Gasteiger charge is 2.73. The molecule has 2 aliphatic rings. The summed E-state index contributed by atoms with van der Waals surface area (Å²) in [6.45, 7) is -0.871. The zero-order valence-corrected chi connectivity index (χ0v) is 22.4. The summed E-state index contributed by atoms with van der Waals surface area (Å²) in [5.74, 6) is -4.86. The normalized spacial score (nSPS) is 25.5. The van der Waals surface area contributed by atoms with E-state index in [4.69, 9.17) is 4.74 Å².